The molecule has 174 valence electrons. The summed E-state index contributed by atoms with van der Waals surface area (Å²) >= 11 is 0. The van der Waals surface area contributed by atoms with Crippen LogP contribution >= 0.6 is 0 Å². The molecule has 1 aromatic heterocycles. The number of aliphatic carboxylic acids is 1. The molecule has 1 aliphatic rings. The lowest BCUT2D eigenvalue weighted by Gasteiger charge is -2.30. The Hall–Kier alpha value is -2.87. The second-order valence-electron chi connectivity index (χ2n) is 9.12. The average Bonchev–Trinajstić information content (AvgIpc) is 3.18. The van der Waals surface area contributed by atoms with E-state index in [2.05, 4.69) is 15.6 Å². The van der Waals surface area contributed by atoms with Gasteiger partial charge in [0, 0.05) is 17.1 Å². The summed E-state index contributed by atoms with van der Waals surface area (Å²) < 4.78 is 0. The van der Waals surface area contributed by atoms with E-state index in [1.54, 1.807) is 0 Å². The third kappa shape index (κ3) is 5.68. The first-order valence-corrected chi connectivity index (χ1v) is 11.4. The molecule has 8 heteroatoms. The van der Waals surface area contributed by atoms with E-state index in [0.29, 0.717) is 6.42 Å². The molecule has 6 N–H and O–H groups in total. The van der Waals surface area contributed by atoms with Crippen molar-refractivity contribution in [2.45, 2.75) is 70.5 Å². The first-order valence-electron chi connectivity index (χ1n) is 11.4. The SMILES string of the molecule is CC(C)[C@H](NC(=O)[C@@H](N)Cc1c[nH]c2ccccc12)C(=O)N[C@H](C(=O)O)C1CCCCC1. The van der Waals surface area contributed by atoms with Crippen LogP contribution in [0, 0.1) is 11.8 Å². The molecule has 0 bridgehead atoms. The van der Waals surface area contributed by atoms with Gasteiger partial charge in [0.1, 0.15) is 12.1 Å². The molecule has 8 nitrogen and oxygen atoms in total. The lowest BCUT2D eigenvalue weighted by molar-refractivity contribution is -0.144. The molecule has 0 aliphatic heterocycles. The standard InChI is InChI=1S/C24H34N4O4/c1-14(2)20(23(30)28-21(24(31)32)15-8-4-3-5-9-15)27-22(29)18(25)12-16-13-26-19-11-7-6-10-17(16)19/h6-7,10-11,13-15,18,20-21,26H,3-5,8-9,12,25H2,1-2H3,(H,27,29)(H,28,30)(H,31,32)/t18-,20-,21-/m0/s1. The number of rotatable bonds is 9. The molecule has 1 aliphatic carbocycles. The molecule has 2 aromatic rings. The van der Waals surface area contributed by atoms with E-state index in [1.165, 1.54) is 0 Å². The van der Waals surface area contributed by atoms with Gasteiger partial charge in [-0.05, 0) is 42.7 Å². The maximum Gasteiger partial charge on any atom is 0.326 e. The van der Waals surface area contributed by atoms with Crippen molar-refractivity contribution in [1.29, 1.82) is 0 Å². The summed E-state index contributed by atoms with van der Waals surface area (Å²) in [5.41, 5.74) is 8.06. The first kappa shape index (κ1) is 23.8. The number of hydrogen-bond donors (Lipinski definition) is 5. The Morgan fingerprint density at radius 3 is 2.44 bits per heavy atom. The van der Waals surface area contributed by atoms with E-state index < -0.39 is 35.9 Å². The van der Waals surface area contributed by atoms with E-state index in [1.807, 2.05) is 44.3 Å². The van der Waals surface area contributed by atoms with Crippen LogP contribution in [0.5, 0.6) is 0 Å². The number of nitrogens with two attached hydrogens (primary N) is 1. The fourth-order valence-corrected chi connectivity index (χ4v) is 4.52. The summed E-state index contributed by atoms with van der Waals surface area (Å²) in [7, 11) is 0. The van der Waals surface area contributed by atoms with E-state index >= 15 is 0 Å². The highest BCUT2D eigenvalue weighted by atomic mass is 16.4. The van der Waals surface area contributed by atoms with Crippen LogP contribution in [0.25, 0.3) is 10.9 Å². The minimum Gasteiger partial charge on any atom is -0.480 e. The number of amides is 2. The molecule has 1 saturated carbocycles. The number of aromatic nitrogens is 1. The molecule has 0 radical (unpaired) electrons. The van der Waals surface area contributed by atoms with Crippen molar-refractivity contribution in [1.82, 2.24) is 15.6 Å². The topological polar surface area (TPSA) is 137 Å². The van der Waals surface area contributed by atoms with Crippen molar-refractivity contribution in [2.75, 3.05) is 0 Å². The Kier molecular flexibility index (Phi) is 7.90. The molecule has 3 atom stereocenters. The number of nitrogens with one attached hydrogen (secondary N) is 3. The average molecular weight is 443 g/mol. The quantitative estimate of drug-likeness (QED) is 0.406. The Morgan fingerprint density at radius 2 is 1.78 bits per heavy atom. The maximum absolute atomic E-state index is 13.0. The molecule has 0 spiro atoms. The van der Waals surface area contributed by atoms with Gasteiger partial charge in [0.25, 0.3) is 0 Å². The lowest BCUT2D eigenvalue weighted by atomic mass is 9.83. The van der Waals surface area contributed by atoms with Gasteiger partial charge < -0.3 is 26.5 Å². The van der Waals surface area contributed by atoms with Gasteiger partial charge in [-0.3, -0.25) is 9.59 Å². The second kappa shape index (κ2) is 10.6. The highest BCUT2D eigenvalue weighted by molar-refractivity contribution is 5.92. The monoisotopic (exact) mass is 442 g/mol. The number of carboxylic acid groups (broad SMARTS) is 1. The van der Waals surface area contributed by atoms with Gasteiger partial charge in [0.15, 0.2) is 0 Å². The molecule has 2 amide bonds. The molecular weight excluding hydrogens is 408 g/mol. The van der Waals surface area contributed by atoms with Crippen LogP contribution in [-0.2, 0) is 20.8 Å². The van der Waals surface area contributed by atoms with Crippen LogP contribution in [0.15, 0.2) is 30.5 Å². The van der Waals surface area contributed by atoms with Crippen molar-refractivity contribution in [3.8, 4) is 0 Å². The van der Waals surface area contributed by atoms with Crippen LogP contribution in [-0.4, -0.2) is 46.0 Å². The fraction of sp³-hybridized carbons (Fsp3) is 0.542. The van der Waals surface area contributed by atoms with E-state index in [-0.39, 0.29) is 11.8 Å². The Labute approximate surface area is 188 Å². The molecule has 1 fully saturated rings. The summed E-state index contributed by atoms with van der Waals surface area (Å²) in [4.78, 5) is 40.7. The predicted octanol–water partition coefficient (Wildman–Crippen LogP) is 2.33. The Morgan fingerprint density at radius 1 is 1.09 bits per heavy atom. The normalized spacial score (nSPS) is 17.6. The van der Waals surface area contributed by atoms with Crippen molar-refractivity contribution in [2.24, 2.45) is 17.6 Å². The highest BCUT2D eigenvalue weighted by Crippen LogP contribution is 2.27. The minimum atomic E-state index is -1.03. The van der Waals surface area contributed by atoms with Gasteiger partial charge in [0.05, 0.1) is 6.04 Å². The number of carbonyl (C=O) groups is 3. The Bertz CT molecular complexity index is 948. The van der Waals surface area contributed by atoms with E-state index in [4.69, 9.17) is 5.73 Å². The van der Waals surface area contributed by atoms with Crippen molar-refractivity contribution in [3.63, 3.8) is 0 Å². The fourth-order valence-electron chi connectivity index (χ4n) is 4.52. The third-order valence-electron chi connectivity index (χ3n) is 6.38. The zero-order valence-corrected chi connectivity index (χ0v) is 18.8. The van der Waals surface area contributed by atoms with Gasteiger partial charge in [-0.1, -0.05) is 51.3 Å². The smallest absolute Gasteiger partial charge is 0.326 e. The molecule has 3 rings (SSSR count). The van der Waals surface area contributed by atoms with Crippen LogP contribution in [0.4, 0.5) is 0 Å². The van der Waals surface area contributed by atoms with E-state index in [0.717, 1.165) is 48.6 Å². The number of para-hydroxylation sites is 1. The third-order valence-corrected chi connectivity index (χ3v) is 6.38. The molecule has 1 aromatic carbocycles. The van der Waals surface area contributed by atoms with Crippen molar-refractivity contribution in [3.05, 3.63) is 36.0 Å². The van der Waals surface area contributed by atoms with Gasteiger partial charge >= 0.3 is 5.97 Å². The predicted molar refractivity (Wildman–Crippen MR) is 123 cm³/mol. The van der Waals surface area contributed by atoms with Crippen molar-refractivity contribution >= 4 is 28.7 Å². The van der Waals surface area contributed by atoms with Gasteiger partial charge in [-0.2, -0.15) is 0 Å². The number of aromatic amines is 1. The lowest BCUT2D eigenvalue weighted by Crippen LogP contribution is -2.57. The number of carboxylic acids is 1. The first-order chi connectivity index (χ1) is 15.3. The largest absolute Gasteiger partial charge is 0.480 e. The van der Waals surface area contributed by atoms with Crippen LogP contribution in [0.3, 0.4) is 0 Å². The molecule has 1 heterocycles. The Balaban J connectivity index is 1.64. The number of carbonyl (C=O) groups excluding carboxylic acids is 2. The summed E-state index contributed by atoms with van der Waals surface area (Å²) in [6.45, 7) is 3.62. The summed E-state index contributed by atoms with van der Waals surface area (Å²) in [5.74, 6) is -2.26. The summed E-state index contributed by atoms with van der Waals surface area (Å²) in [6, 6.07) is 5.14. The zero-order valence-electron chi connectivity index (χ0n) is 18.8. The molecule has 0 unspecified atom stereocenters. The molecular formula is C24H34N4O4. The number of fused-ring (bicyclic) bond motifs is 1. The molecule has 32 heavy (non-hydrogen) atoms. The van der Waals surface area contributed by atoms with E-state index in [9.17, 15) is 19.5 Å². The van der Waals surface area contributed by atoms with Crippen LogP contribution in [0.2, 0.25) is 0 Å². The van der Waals surface area contributed by atoms with Gasteiger partial charge in [-0.15, -0.1) is 0 Å². The highest BCUT2D eigenvalue weighted by Gasteiger charge is 2.34. The zero-order chi connectivity index (χ0) is 23.3. The van der Waals surface area contributed by atoms with Gasteiger partial charge in [0.2, 0.25) is 11.8 Å². The number of H-pyrrole nitrogens is 1. The van der Waals surface area contributed by atoms with Crippen LogP contribution < -0.4 is 16.4 Å². The van der Waals surface area contributed by atoms with Crippen molar-refractivity contribution < 1.29 is 19.5 Å². The maximum atomic E-state index is 13.0. The number of benzene rings is 1. The number of hydrogen-bond acceptors (Lipinski definition) is 4. The summed E-state index contributed by atoms with van der Waals surface area (Å²) in [6.07, 6.45) is 6.76. The van der Waals surface area contributed by atoms with Gasteiger partial charge in [-0.25, -0.2) is 4.79 Å². The second-order valence-corrected chi connectivity index (χ2v) is 9.12. The summed E-state index contributed by atoms with van der Waals surface area (Å²) in [5, 5.41) is 16.1. The molecule has 0 saturated heterocycles. The van der Waals surface area contributed by atoms with Crippen LogP contribution in [0.1, 0.15) is 51.5 Å². The minimum absolute atomic E-state index is 0.0853.